The highest BCUT2D eigenvalue weighted by atomic mass is 32.1. The Balaban J connectivity index is 1.27. The van der Waals surface area contributed by atoms with Crippen molar-refractivity contribution in [2.45, 2.75) is 31.2 Å². The molecule has 1 aliphatic heterocycles. The summed E-state index contributed by atoms with van der Waals surface area (Å²) in [5.74, 6) is 1.03. The summed E-state index contributed by atoms with van der Waals surface area (Å²) < 4.78 is 0. The van der Waals surface area contributed by atoms with Crippen LogP contribution in [-0.2, 0) is 0 Å². The Morgan fingerprint density at radius 3 is 2.75 bits per heavy atom. The van der Waals surface area contributed by atoms with Crippen LogP contribution < -0.4 is 15.1 Å². The molecule has 2 amide bonds. The number of nitrogens with one attached hydrogen (secondary N) is 1. The number of carbonyl (C=O) groups is 2. The molecule has 1 atom stereocenters. The largest absolute Gasteiger partial charge is 0.347 e. The maximum absolute atomic E-state index is 13.1. The first-order valence-electron chi connectivity index (χ1n) is 10.9. The van der Waals surface area contributed by atoms with Crippen LogP contribution in [0.2, 0.25) is 0 Å². The standard InChI is InChI=1S/C24H25N5O2S/c1-28(23(31)21-7-4-14-32-21)20-6-3-2-5-18(20)22(30)26-17-11-13-29(15-17)24-25-12-10-19(27-24)16-8-9-16/h2-7,10,12,14,16-17H,8-9,11,13,15H2,1H3,(H,26,30). The normalized spacial score (nSPS) is 17.9. The van der Waals surface area contributed by atoms with Gasteiger partial charge in [-0.15, -0.1) is 11.3 Å². The highest BCUT2D eigenvalue weighted by Crippen LogP contribution is 2.39. The second kappa shape index (κ2) is 8.70. The molecule has 3 heterocycles. The molecule has 8 heteroatoms. The van der Waals surface area contributed by atoms with Crippen LogP contribution in [0.1, 0.15) is 50.9 Å². The molecule has 7 nitrogen and oxygen atoms in total. The van der Waals surface area contributed by atoms with Crippen molar-refractivity contribution in [3.8, 4) is 0 Å². The maximum atomic E-state index is 13.1. The zero-order chi connectivity index (χ0) is 22.1. The Kier molecular flexibility index (Phi) is 5.61. The second-order valence-corrected chi connectivity index (χ2v) is 9.27. The molecule has 1 aromatic carbocycles. The van der Waals surface area contributed by atoms with Crippen molar-refractivity contribution >= 4 is 34.8 Å². The van der Waals surface area contributed by atoms with Gasteiger partial charge in [0.1, 0.15) is 0 Å². The monoisotopic (exact) mass is 447 g/mol. The number of carbonyl (C=O) groups excluding carboxylic acids is 2. The average Bonchev–Trinajstić information content (AvgIpc) is 3.33. The van der Waals surface area contributed by atoms with Gasteiger partial charge < -0.3 is 15.1 Å². The lowest BCUT2D eigenvalue weighted by Crippen LogP contribution is -2.38. The lowest BCUT2D eigenvalue weighted by atomic mass is 10.1. The summed E-state index contributed by atoms with van der Waals surface area (Å²) in [5, 5.41) is 5.01. The Hall–Kier alpha value is -3.26. The van der Waals surface area contributed by atoms with Gasteiger partial charge in [0, 0.05) is 44.0 Å². The molecule has 0 spiro atoms. The molecule has 0 bridgehead atoms. The van der Waals surface area contributed by atoms with Crippen LogP contribution in [0.3, 0.4) is 0 Å². The van der Waals surface area contributed by atoms with Crippen LogP contribution in [0.4, 0.5) is 11.6 Å². The van der Waals surface area contributed by atoms with E-state index in [1.54, 1.807) is 30.1 Å². The van der Waals surface area contributed by atoms with Gasteiger partial charge in [-0.3, -0.25) is 9.59 Å². The van der Waals surface area contributed by atoms with Gasteiger partial charge in [0.15, 0.2) is 0 Å². The van der Waals surface area contributed by atoms with E-state index in [9.17, 15) is 9.59 Å². The van der Waals surface area contributed by atoms with Crippen molar-refractivity contribution < 1.29 is 9.59 Å². The van der Waals surface area contributed by atoms with E-state index in [0.29, 0.717) is 28.6 Å². The topological polar surface area (TPSA) is 78.4 Å². The van der Waals surface area contributed by atoms with Crippen LogP contribution in [-0.4, -0.2) is 48.0 Å². The molecule has 2 fully saturated rings. The number of hydrogen-bond acceptors (Lipinski definition) is 6. The van der Waals surface area contributed by atoms with Gasteiger partial charge in [0.25, 0.3) is 11.8 Å². The molecule has 0 radical (unpaired) electrons. The minimum atomic E-state index is -0.175. The molecule has 1 N–H and O–H groups in total. The Bertz CT molecular complexity index is 1130. The summed E-state index contributed by atoms with van der Waals surface area (Å²) in [5.41, 5.74) is 2.21. The van der Waals surface area contributed by atoms with Gasteiger partial charge in [-0.05, 0) is 48.9 Å². The number of amides is 2. The van der Waals surface area contributed by atoms with Gasteiger partial charge in [0.05, 0.1) is 16.1 Å². The van der Waals surface area contributed by atoms with E-state index in [2.05, 4.69) is 15.2 Å². The number of benzene rings is 1. The SMILES string of the molecule is CN(C(=O)c1cccs1)c1ccccc1C(=O)NC1CCN(c2nccc(C3CC3)n2)C1. The molecule has 2 aliphatic rings. The Morgan fingerprint density at radius 1 is 1.12 bits per heavy atom. The van der Waals surface area contributed by atoms with Crippen LogP contribution in [0.5, 0.6) is 0 Å². The molecule has 1 saturated heterocycles. The van der Waals surface area contributed by atoms with E-state index in [4.69, 9.17) is 4.98 Å². The van der Waals surface area contributed by atoms with Gasteiger partial charge in [-0.25, -0.2) is 9.97 Å². The predicted molar refractivity (Wildman–Crippen MR) is 126 cm³/mol. The van der Waals surface area contributed by atoms with Crippen LogP contribution in [0.15, 0.2) is 54.0 Å². The van der Waals surface area contributed by atoms with Crippen molar-refractivity contribution in [2.24, 2.45) is 0 Å². The Morgan fingerprint density at radius 2 is 1.97 bits per heavy atom. The number of thiophene rings is 1. The minimum Gasteiger partial charge on any atom is -0.347 e. The molecule has 2 aromatic heterocycles. The number of rotatable bonds is 6. The van der Waals surface area contributed by atoms with Gasteiger partial charge in [0.2, 0.25) is 5.95 Å². The molecule has 164 valence electrons. The van der Waals surface area contributed by atoms with Gasteiger partial charge in [-0.1, -0.05) is 18.2 Å². The number of aromatic nitrogens is 2. The smallest absolute Gasteiger partial charge is 0.268 e. The molecule has 1 unspecified atom stereocenters. The summed E-state index contributed by atoms with van der Waals surface area (Å²) in [7, 11) is 1.70. The van der Waals surface area contributed by atoms with Crippen molar-refractivity contribution in [2.75, 3.05) is 29.9 Å². The van der Waals surface area contributed by atoms with E-state index in [0.717, 1.165) is 24.6 Å². The predicted octanol–water partition coefficient (Wildman–Crippen LogP) is 3.70. The zero-order valence-electron chi connectivity index (χ0n) is 17.9. The quantitative estimate of drug-likeness (QED) is 0.623. The fraction of sp³-hybridized carbons (Fsp3) is 0.333. The highest BCUT2D eigenvalue weighted by Gasteiger charge is 2.29. The lowest BCUT2D eigenvalue weighted by Gasteiger charge is -2.21. The third kappa shape index (κ3) is 4.23. The minimum absolute atomic E-state index is 0.00189. The van der Waals surface area contributed by atoms with Gasteiger partial charge >= 0.3 is 0 Å². The summed E-state index contributed by atoms with van der Waals surface area (Å²) >= 11 is 1.39. The third-order valence-corrected chi connectivity index (χ3v) is 6.87. The van der Waals surface area contributed by atoms with Crippen molar-refractivity contribution in [3.63, 3.8) is 0 Å². The van der Waals surface area contributed by atoms with Crippen molar-refractivity contribution in [1.29, 1.82) is 0 Å². The van der Waals surface area contributed by atoms with Crippen LogP contribution in [0, 0.1) is 0 Å². The number of nitrogens with zero attached hydrogens (tertiary/aromatic N) is 4. The summed E-state index contributed by atoms with van der Waals surface area (Å²) in [6.07, 6.45) is 5.07. The van der Waals surface area contributed by atoms with E-state index in [1.807, 2.05) is 35.8 Å². The molecule has 1 aliphatic carbocycles. The molecule has 32 heavy (non-hydrogen) atoms. The van der Waals surface area contributed by atoms with Crippen molar-refractivity contribution in [3.05, 3.63) is 70.2 Å². The summed E-state index contributed by atoms with van der Waals surface area (Å²) in [4.78, 5) is 39.4. The lowest BCUT2D eigenvalue weighted by molar-refractivity contribution is 0.0941. The maximum Gasteiger partial charge on any atom is 0.268 e. The van der Waals surface area contributed by atoms with Crippen LogP contribution >= 0.6 is 11.3 Å². The first-order valence-corrected chi connectivity index (χ1v) is 11.8. The van der Waals surface area contributed by atoms with E-state index in [1.165, 1.54) is 24.2 Å². The zero-order valence-corrected chi connectivity index (χ0v) is 18.7. The molecule has 3 aromatic rings. The first-order chi connectivity index (χ1) is 15.6. The van der Waals surface area contributed by atoms with Crippen LogP contribution in [0.25, 0.3) is 0 Å². The number of hydrogen-bond donors (Lipinski definition) is 1. The fourth-order valence-electron chi connectivity index (χ4n) is 4.08. The molecular formula is C24H25N5O2S. The second-order valence-electron chi connectivity index (χ2n) is 8.32. The summed E-state index contributed by atoms with van der Waals surface area (Å²) in [6.45, 7) is 1.48. The molecule has 5 rings (SSSR count). The van der Waals surface area contributed by atoms with Gasteiger partial charge in [-0.2, -0.15) is 0 Å². The van der Waals surface area contributed by atoms with E-state index in [-0.39, 0.29) is 17.9 Å². The molecular weight excluding hydrogens is 422 g/mol. The number of para-hydroxylation sites is 1. The summed E-state index contributed by atoms with van der Waals surface area (Å²) in [6, 6.07) is 12.9. The van der Waals surface area contributed by atoms with E-state index >= 15 is 0 Å². The number of anilines is 2. The Labute approximate surface area is 191 Å². The average molecular weight is 448 g/mol. The molecule has 1 saturated carbocycles. The third-order valence-electron chi connectivity index (χ3n) is 6.01. The fourth-order valence-corrected chi connectivity index (χ4v) is 4.78. The highest BCUT2D eigenvalue weighted by molar-refractivity contribution is 7.12. The van der Waals surface area contributed by atoms with E-state index < -0.39 is 0 Å². The van der Waals surface area contributed by atoms with Crippen molar-refractivity contribution in [1.82, 2.24) is 15.3 Å². The first kappa shape index (κ1) is 20.6.